The second-order valence-electron chi connectivity index (χ2n) is 4.69. The van der Waals surface area contributed by atoms with E-state index in [2.05, 4.69) is 18.5 Å². The molecule has 0 rings (SSSR count). The van der Waals surface area contributed by atoms with Crippen LogP contribution in [-0.4, -0.2) is 18.2 Å². The highest BCUT2D eigenvalue weighted by atomic mass is 16.6. The lowest BCUT2D eigenvalue weighted by atomic mass is 10.2. The van der Waals surface area contributed by atoms with Crippen molar-refractivity contribution in [3.63, 3.8) is 0 Å². The van der Waals surface area contributed by atoms with Gasteiger partial charge in [0.25, 0.3) is 0 Å². The first-order chi connectivity index (χ1) is 7.20. The summed E-state index contributed by atoms with van der Waals surface area (Å²) in [5, 5.41) is 2.62. The molecular formula is C13H21NO2. The molecule has 3 heteroatoms. The van der Waals surface area contributed by atoms with Crippen molar-refractivity contribution in [1.29, 1.82) is 0 Å². The van der Waals surface area contributed by atoms with Gasteiger partial charge < -0.3 is 10.1 Å². The fourth-order valence-corrected chi connectivity index (χ4v) is 0.819. The number of ether oxygens (including phenoxy) is 1. The van der Waals surface area contributed by atoms with Gasteiger partial charge in [0.1, 0.15) is 5.60 Å². The van der Waals surface area contributed by atoms with Gasteiger partial charge in [-0.25, -0.2) is 4.79 Å². The molecule has 0 fully saturated rings. The molecule has 0 aliphatic carbocycles. The van der Waals surface area contributed by atoms with Crippen LogP contribution in [0, 0.1) is 0 Å². The highest BCUT2D eigenvalue weighted by molar-refractivity contribution is 5.68. The molecule has 0 radical (unpaired) electrons. The van der Waals surface area contributed by atoms with Crippen molar-refractivity contribution in [2.75, 3.05) is 6.54 Å². The Hall–Kier alpha value is -1.51. The van der Waals surface area contributed by atoms with E-state index in [9.17, 15) is 4.79 Å². The van der Waals surface area contributed by atoms with Crippen molar-refractivity contribution in [2.24, 2.45) is 0 Å². The lowest BCUT2D eigenvalue weighted by Gasteiger charge is -2.19. The Morgan fingerprint density at radius 1 is 1.31 bits per heavy atom. The highest BCUT2D eigenvalue weighted by Crippen LogP contribution is 2.06. The van der Waals surface area contributed by atoms with Gasteiger partial charge in [0, 0.05) is 6.54 Å². The third-order valence-corrected chi connectivity index (χ3v) is 1.46. The molecule has 0 aliphatic heterocycles. The number of nitrogens with one attached hydrogen (secondary N) is 1. The van der Waals surface area contributed by atoms with Gasteiger partial charge in [0.05, 0.1) is 0 Å². The quantitative estimate of drug-likeness (QED) is 0.743. The second kappa shape index (κ2) is 6.16. The van der Waals surface area contributed by atoms with Crippen LogP contribution in [-0.2, 0) is 4.74 Å². The molecule has 0 saturated carbocycles. The van der Waals surface area contributed by atoms with E-state index in [4.69, 9.17) is 4.74 Å². The van der Waals surface area contributed by atoms with E-state index in [1.165, 1.54) is 0 Å². The summed E-state index contributed by atoms with van der Waals surface area (Å²) in [6.45, 7) is 15.3. The van der Waals surface area contributed by atoms with Crippen LogP contribution in [0.4, 0.5) is 4.79 Å². The summed E-state index contributed by atoms with van der Waals surface area (Å²) in [7, 11) is 0. The number of rotatable bonds is 4. The van der Waals surface area contributed by atoms with Crippen molar-refractivity contribution in [3.05, 3.63) is 36.5 Å². The average molecular weight is 223 g/mol. The van der Waals surface area contributed by atoms with E-state index >= 15 is 0 Å². The molecule has 1 amide bonds. The SMILES string of the molecule is C=C(C)/C=C\C(=C)CNC(=O)OC(C)(C)C. The summed E-state index contributed by atoms with van der Waals surface area (Å²) < 4.78 is 5.08. The first-order valence-corrected chi connectivity index (χ1v) is 5.19. The minimum Gasteiger partial charge on any atom is -0.444 e. The van der Waals surface area contributed by atoms with Gasteiger partial charge >= 0.3 is 6.09 Å². The zero-order valence-corrected chi connectivity index (χ0v) is 10.6. The van der Waals surface area contributed by atoms with Gasteiger partial charge in [0.15, 0.2) is 0 Å². The number of carbonyl (C=O) groups is 1. The van der Waals surface area contributed by atoms with Crippen LogP contribution in [0.2, 0.25) is 0 Å². The Morgan fingerprint density at radius 2 is 1.88 bits per heavy atom. The Kier molecular flexibility index (Phi) is 5.57. The zero-order valence-electron chi connectivity index (χ0n) is 10.6. The van der Waals surface area contributed by atoms with Crippen molar-refractivity contribution < 1.29 is 9.53 Å². The Labute approximate surface area is 97.9 Å². The summed E-state index contributed by atoms with van der Waals surface area (Å²) in [6.07, 6.45) is 3.23. The van der Waals surface area contributed by atoms with Gasteiger partial charge in [-0.2, -0.15) is 0 Å². The molecule has 0 aromatic carbocycles. The van der Waals surface area contributed by atoms with Gasteiger partial charge in [-0.15, -0.1) is 0 Å². The Bertz CT molecular complexity index is 308. The molecule has 1 N–H and O–H groups in total. The van der Waals surface area contributed by atoms with Gasteiger partial charge in [-0.05, 0) is 33.3 Å². The highest BCUT2D eigenvalue weighted by Gasteiger charge is 2.15. The van der Waals surface area contributed by atoms with Crippen LogP contribution in [0.5, 0.6) is 0 Å². The average Bonchev–Trinajstić information content (AvgIpc) is 2.08. The largest absolute Gasteiger partial charge is 0.444 e. The van der Waals surface area contributed by atoms with Crippen LogP contribution in [0.25, 0.3) is 0 Å². The molecular weight excluding hydrogens is 202 g/mol. The number of alkyl carbamates (subject to hydrolysis) is 1. The first-order valence-electron chi connectivity index (χ1n) is 5.19. The topological polar surface area (TPSA) is 38.3 Å². The van der Waals surface area contributed by atoms with Crippen molar-refractivity contribution >= 4 is 6.09 Å². The summed E-state index contributed by atoms with van der Waals surface area (Å²) in [4.78, 5) is 11.3. The van der Waals surface area contributed by atoms with E-state index in [0.717, 1.165) is 11.1 Å². The number of amides is 1. The fraction of sp³-hybridized carbons (Fsp3) is 0.462. The minimum absolute atomic E-state index is 0.374. The third-order valence-electron chi connectivity index (χ3n) is 1.46. The third kappa shape index (κ3) is 9.06. The molecule has 90 valence electrons. The van der Waals surface area contributed by atoms with Crippen molar-refractivity contribution in [3.8, 4) is 0 Å². The number of hydrogen-bond donors (Lipinski definition) is 1. The standard InChI is InChI=1S/C13H21NO2/c1-10(2)7-8-11(3)9-14-12(15)16-13(4,5)6/h7-8H,1,3,9H2,2,4-6H3,(H,14,15)/b8-7-. The molecule has 0 saturated heterocycles. The van der Waals surface area contributed by atoms with Gasteiger partial charge in [-0.3, -0.25) is 0 Å². The maximum absolute atomic E-state index is 11.3. The minimum atomic E-state index is -0.473. The van der Waals surface area contributed by atoms with Crippen LogP contribution in [0.3, 0.4) is 0 Å². The van der Waals surface area contributed by atoms with Gasteiger partial charge in [0.2, 0.25) is 0 Å². The Balaban J connectivity index is 3.93. The maximum atomic E-state index is 11.3. The smallest absolute Gasteiger partial charge is 0.407 e. The zero-order chi connectivity index (χ0) is 12.8. The molecule has 0 heterocycles. The number of carbonyl (C=O) groups excluding carboxylic acids is 1. The molecule has 0 aromatic heterocycles. The van der Waals surface area contributed by atoms with Crippen LogP contribution >= 0.6 is 0 Å². The summed E-state index contributed by atoms with van der Waals surface area (Å²) in [6, 6.07) is 0. The predicted octanol–water partition coefficient (Wildman–Crippen LogP) is 3.20. The molecule has 0 aromatic rings. The number of allylic oxidation sites excluding steroid dienone is 2. The van der Waals surface area contributed by atoms with Gasteiger partial charge in [-0.1, -0.05) is 30.9 Å². The van der Waals surface area contributed by atoms with Crippen molar-refractivity contribution in [2.45, 2.75) is 33.3 Å². The maximum Gasteiger partial charge on any atom is 0.407 e. The normalized spacial score (nSPS) is 11.2. The van der Waals surface area contributed by atoms with Crippen LogP contribution < -0.4 is 5.32 Å². The molecule has 0 bridgehead atoms. The Morgan fingerprint density at radius 3 is 2.31 bits per heavy atom. The molecule has 0 spiro atoms. The van der Waals surface area contributed by atoms with E-state index in [1.54, 1.807) is 0 Å². The summed E-state index contributed by atoms with van der Waals surface area (Å²) in [5.41, 5.74) is 1.27. The van der Waals surface area contributed by atoms with E-state index < -0.39 is 11.7 Å². The molecule has 3 nitrogen and oxygen atoms in total. The fourth-order valence-electron chi connectivity index (χ4n) is 0.819. The summed E-state index contributed by atoms with van der Waals surface area (Å²) in [5.74, 6) is 0. The monoisotopic (exact) mass is 223 g/mol. The molecule has 0 atom stereocenters. The first kappa shape index (κ1) is 14.5. The number of hydrogen-bond acceptors (Lipinski definition) is 2. The van der Waals surface area contributed by atoms with Crippen LogP contribution in [0.15, 0.2) is 36.5 Å². The summed E-state index contributed by atoms with van der Waals surface area (Å²) >= 11 is 0. The van der Waals surface area contributed by atoms with E-state index in [-0.39, 0.29) is 0 Å². The lowest BCUT2D eigenvalue weighted by molar-refractivity contribution is 0.0533. The second-order valence-corrected chi connectivity index (χ2v) is 4.69. The lowest BCUT2D eigenvalue weighted by Crippen LogP contribution is -2.33. The van der Waals surface area contributed by atoms with E-state index in [1.807, 2.05) is 39.8 Å². The van der Waals surface area contributed by atoms with E-state index in [0.29, 0.717) is 6.54 Å². The molecule has 0 aliphatic rings. The van der Waals surface area contributed by atoms with Crippen LogP contribution in [0.1, 0.15) is 27.7 Å². The predicted molar refractivity (Wildman–Crippen MR) is 67.3 cm³/mol. The molecule has 0 unspecified atom stereocenters. The molecule has 16 heavy (non-hydrogen) atoms. The van der Waals surface area contributed by atoms with Crippen molar-refractivity contribution in [1.82, 2.24) is 5.32 Å².